The summed E-state index contributed by atoms with van der Waals surface area (Å²) < 4.78 is 0.651. The molecule has 0 aromatic heterocycles. The zero-order chi connectivity index (χ0) is 15.6. The van der Waals surface area contributed by atoms with E-state index in [1.54, 1.807) is 43.3 Å². The number of anilines is 1. The van der Waals surface area contributed by atoms with Crippen LogP contribution < -0.4 is 11.1 Å². The number of carbonyl (C=O) groups excluding carboxylic acids is 2. The summed E-state index contributed by atoms with van der Waals surface area (Å²) in [5, 5.41) is 3.11. The van der Waals surface area contributed by atoms with Crippen LogP contribution in [-0.4, -0.2) is 11.8 Å². The summed E-state index contributed by atoms with van der Waals surface area (Å²) in [4.78, 5) is 23.4. The molecule has 4 nitrogen and oxygen atoms in total. The Morgan fingerprint density at radius 1 is 1.24 bits per heavy atom. The van der Waals surface area contributed by atoms with Gasteiger partial charge in [0.25, 0.3) is 5.91 Å². The predicted molar refractivity (Wildman–Crippen MR) is 86.8 cm³/mol. The van der Waals surface area contributed by atoms with E-state index in [0.717, 1.165) is 5.56 Å². The van der Waals surface area contributed by atoms with Gasteiger partial charge in [0.05, 0.1) is 10.6 Å². The van der Waals surface area contributed by atoms with E-state index in [-0.39, 0.29) is 5.91 Å². The highest BCUT2D eigenvalue weighted by molar-refractivity contribution is 9.10. The van der Waals surface area contributed by atoms with Gasteiger partial charge in [-0.25, -0.2) is 0 Å². The van der Waals surface area contributed by atoms with Crippen molar-refractivity contribution in [2.24, 2.45) is 5.73 Å². The number of amides is 2. The third-order valence-corrected chi connectivity index (χ3v) is 4.25. The smallest absolute Gasteiger partial charge is 0.257 e. The normalized spacial score (nSPS) is 10.2. The van der Waals surface area contributed by atoms with Crippen LogP contribution in [-0.2, 0) is 0 Å². The molecule has 2 rings (SSSR count). The molecule has 0 unspecified atom stereocenters. The maximum Gasteiger partial charge on any atom is 0.257 e. The largest absolute Gasteiger partial charge is 0.366 e. The SMILES string of the molecule is Cc1cc(C(N)=O)ccc1NC(=O)c1cccc(Br)c1Cl. The Bertz CT molecular complexity index is 732. The van der Waals surface area contributed by atoms with Crippen LogP contribution in [0.25, 0.3) is 0 Å². The van der Waals surface area contributed by atoms with Gasteiger partial charge in [-0.2, -0.15) is 0 Å². The van der Waals surface area contributed by atoms with Crippen LogP contribution in [0.2, 0.25) is 5.02 Å². The molecule has 2 amide bonds. The summed E-state index contributed by atoms with van der Waals surface area (Å²) in [6.07, 6.45) is 0. The Balaban J connectivity index is 2.28. The van der Waals surface area contributed by atoms with Gasteiger partial charge < -0.3 is 11.1 Å². The molecule has 0 aliphatic carbocycles. The van der Waals surface area contributed by atoms with Gasteiger partial charge in [-0.3, -0.25) is 9.59 Å². The van der Waals surface area contributed by atoms with Gasteiger partial charge in [0.2, 0.25) is 5.91 Å². The first kappa shape index (κ1) is 15.5. The number of nitrogens with one attached hydrogen (secondary N) is 1. The average Bonchev–Trinajstić information content (AvgIpc) is 2.43. The van der Waals surface area contributed by atoms with Crippen molar-refractivity contribution < 1.29 is 9.59 Å². The molecule has 0 radical (unpaired) electrons. The molecule has 6 heteroatoms. The molecule has 0 heterocycles. The third kappa shape index (κ3) is 3.43. The van der Waals surface area contributed by atoms with Crippen LogP contribution in [0.1, 0.15) is 26.3 Å². The highest BCUT2D eigenvalue weighted by atomic mass is 79.9. The molecule has 3 N–H and O–H groups in total. The molecular weight excluding hydrogens is 356 g/mol. The molecular formula is C15H12BrClN2O2. The van der Waals surface area contributed by atoms with E-state index in [0.29, 0.717) is 26.3 Å². The highest BCUT2D eigenvalue weighted by Gasteiger charge is 2.14. The second-order valence-electron chi connectivity index (χ2n) is 4.45. The van der Waals surface area contributed by atoms with Crippen molar-refractivity contribution in [3.63, 3.8) is 0 Å². The van der Waals surface area contributed by atoms with Crippen molar-refractivity contribution in [2.75, 3.05) is 5.32 Å². The molecule has 2 aromatic carbocycles. The minimum absolute atomic E-state index is 0.323. The number of rotatable bonds is 3. The fourth-order valence-electron chi connectivity index (χ4n) is 1.83. The molecule has 0 aliphatic rings. The van der Waals surface area contributed by atoms with E-state index < -0.39 is 5.91 Å². The Morgan fingerprint density at radius 3 is 2.57 bits per heavy atom. The summed E-state index contributed by atoms with van der Waals surface area (Å²) in [5.41, 5.74) is 7.31. The zero-order valence-electron chi connectivity index (χ0n) is 11.1. The molecule has 0 saturated heterocycles. The lowest BCUT2D eigenvalue weighted by atomic mass is 10.1. The van der Waals surface area contributed by atoms with Gasteiger partial charge >= 0.3 is 0 Å². The van der Waals surface area contributed by atoms with E-state index in [2.05, 4.69) is 21.2 Å². The molecule has 0 fully saturated rings. The summed E-state index contributed by atoms with van der Waals surface area (Å²) in [5.74, 6) is -0.831. The Kier molecular flexibility index (Phi) is 4.65. The molecule has 108 valence electrons. The first-order valence-electron chi connectivity index (χ1n) is 6.06. The van der Waals surface area contributed by atoms with Crippen molar-refractivity contribution in [1.29, 1.82) is 0 Å². The Morgan fingerprint density at radius 2 is 1.95 bits per heavy atom. The number of hydrogen-bond acceptors (Lipinski definition) is 2. The highest BCUT2D eigenvalue weighted by Crippen LogP contribution is 2.27. The predicted octanol–water partition coefficient (Wildman–Crippen LogP) is 3.76. The number of hydrogen-bond donors (Lipinski definition) is 2. The Hall–Kier alpha value is -1.85. The summed E-state index contributed by atoms with van der Waals surface area (Å²) in [7, 11) is 0. The first-order valence-corrected chi connectivity index (χ1v) is 7.23. The van der Waals surface area contributed by atoms with Gasteiger partial charge in [-0.1, -0.05) is 17.7 Å². The lowest BCUT2D eigenvalue weighted by molar-refractivity contribution is 0.0998. The van der Waals surface area contributed by atoms with Crippen molar-refractivity contribution in [3.05, 3.63) is 62.6 Å². The standard InChI is InChI=1S/C15H12BrClN2O2/c1-8-7-9(14(18)20)5-6-12(8)19-15(21)10-3-2-4-11(16)13(10)17/h2-7H,1H3,(H2,18,20)(H,19,21). The molecule has 0 aliphatic heterocycles. The monoisotopic (exact) mass is 366 g/mol. The second-order valence-corrected chi connectivity index (χ2v) is 5.68. The molecule has 0 spiro atoms. The maximum atomic E-state index is 12.3. The van der Waals surface area contributed by atoms with Crippen LogP contribution in [0.15, 0.2) is 40.9 Å². The van der Waals surface area contributed by atoms with Gasteiger partial charge in [-0.05, 0) is 58.7 Å². The van der Waals surface area contributed by atoms with Crippen LogP contribution >= 0.6 is 27.5 Å². The van der Waals surface area contributed by atoms with Gasteiger partial charge in [0, 0.05) is 15.7 Å². The van der Waals surface area contributed by atoms with Crippen molar-refractivity contribution in [1.82, 2.24) is 0 Å². The number of benzene rings is 2. The van der Waals surface area contributed by atoms with Crippen molar-refractivity contribution in [3.8, 4) is 0 Å². The van der Waals surface area contributed by atoms with E-state index in [1.807, 2.05) is 0 Å². The number of primary amides is 1. The zero-order valence-corrected chi connectivity index (χ0v) is 13.5. The van der Waals surface area contributed by atoms with Crippen molar-refractivity contribution >= 4 is 45.0 Å². The molecule has 0 saturated carbocycles. The van der Waals surface area contributed by atoms with Crippen LogP contribution in [0.4, 0.5) is 5.69 Å². The lowest BCUT2D eigenvalue weighted by Gasteiger charge is -2.10. The number of aryl methyl sites for hydroxylation is 1. The van der Waals surface area contributed by atoms with Crippen LogP contribution in [0, 0.1) is 6.92 Å². The van der Waals surface area contributed by atoms with Crippen LogP contribution in [0.3, 0.4) is 0 Å². The fourth-order valence-corrected chi connectivity index (χ4v) is 2.40. The molecule has 0 atom stereocenters. The summed E-state index contributed by atoms with van der Waals surface area (Å²) in [6.45, 7) is 1.78. The second kappa shape index (κ2) is 6.28. The molecule has 21 heavy (non-hydrogen) atoms. The van der Waals surface area contributed by atoms with Crippen LogP contribution in [0.5, 0.6) is 0 Å². The fraction of sp³-hybridized carbons (Fsp3) is 0.0667. The van der Waals surface area contributed by atoms with E-state index in [1.165, 1.54) is 0 Å². The van der Waals surface area contributed by atoms with E-state index in [9.17, 15) is 9.59 Å². The number of nitrogens with two attached hydrogens (primary N) is 1. The minimum Gasteiger partial charge on any atom is -0.366 e. The summed E-state index contributed by atoms with van der Waals surface area (Å²) >= 11 is 9.37. The average molecular weight is 368 g/mol. The first-order chi connectivity index (χ1) is 9.90. The van der Waals surface area contributed by atoms with E-state index >= 15 is 0 Å². The summed E-state index contributed by atoms with van der Waals surface area (Å²) in [6, 6.07) is 9.95. The van der Waals surface area contributed by atoms with Gasteiger partial charge in [0.1, 0.15) is 0 Å². The minimum atomic E-state index is -0.508. The van der Waals surface area contributed by atoms with Gasteiger partial charge in [0.15, 0.2) is 0 Å². The van der Waals surface area contributed by atoms with Crippen molar-refractivity contribution in [2.45, 2.75) is 6.92 Å². The third-order valence-electron chi connectivity index (χ3n) is 2.96. The Labute approximate surface area is 135 Å². The lowest BCUT2D eigenvalue weighted by Crippen LogP contribution is -2.15. The number of halogens is 2. The topological polar surface area (TPSA) is 72.2 Å². The van der Waals surface area contributed by atoms with E-state index in [4.69, 9.17) is 17.3 Å². The quantitative estimate of drug-likeness (QED) is 0.867. The van der Waals surface area contributed by atoms with Gasteiger partial charge in [-0.15, -0.1) is 0 Å². The number of carbonyl (C=O) groups is 2. The maximum absolute atomic E-state index is 12.3. The molecule has 2 aromatic rings. The molecule has 0 bridgehead atoms.